The van der Waals surface area contributed by atoms with Crippen LogP contribution in [0.1, 0.15) is 5.56 Å². The van der Waals surface area contributed by atoms with E-state index in [1.165, 1.54) is 18.2 Å². The van der Waals surface area contributed by atoms with Gasteiger partial charge in [0.2, 0.25) is 5.82 Å². The Morgan fingerprint density at radius 1 is 1.05 bits per heavy atom. The summed E-state index contributed by atoms with van der Waals surface area (Å²) in [5.74, 6) is -3.41. The molecule has 0 aromatic heterocycles. The van der Waals surface area contributed by atoms with Gasteiger partial charge in [-0.05, 0) is 36.9 Å². The Morgan fingerprint density at radius 2 is 1.80 bits per heavy atom. The zero-order valence-corrected chi connectivity index (χ0v) is 12.1. The second-order valence-electron chi connectivity index (χ2n) is 4.10. The lowest BCUT2D eigenvalue weighted by Gasteiger charge is -2.10. The summed E-state index contributed by atoms with van der Waals surface area (Å²) < 4.78 is 46.0. The molecule has 0 aliphatic heterocycles. The maximum absolute atomic E-state index is 13.8. The van der Waals surface area contributed by atoms with E-state index in [-0.39, 0.29) is 11.5 Å². The second-order valence-corrected chi connectivity index (χ2v) is 5.01. The lowest BCUT2D eigenvalue weighted by atomic mass is 10.2. The van der Waals surface area contributed by atoms with Crippen LogP contribution in [0.15, 0.2) is 34.8 Å². The highest BCUT2D eigenvalue weighted by molar-refractivity contribution is 9.10. The van der Waals surface area contributed by atoms with Gasteiger partial charge < -0.3 is 10.1 Å². The van der Waals surface area contributed by atoms with Crippen molar-refractivity contribution in [1.29, 1.82) is 0 Å². The van der Waals surface area contributed by atoms with E-state index in [0.29, 0.717) is 11.0 Å². The Morgan fingerprint density at radius 3 is 2.45 bits per heavy atom. The van der Waals surface area contributed by atoms with Crippen LogP contribution in [-0.4, -0.2) is 7.05 Å². The molecule has 2 aromatic carbocycles. The molecule has 2 nitrogen and oxygen atoms in total. The zero-order chi connectivity index (χ0) is 14.7. The molecule has 0 aliphatic rings. The standard InChI is InChI=1S/C14H11BrF3NO/c1-19-7-8-2-3-12(10(16)4-8)20-13-6-9(15)5-11(17)14(13)18/h2-6,19H,7H2,1H3. The monoisotopic (exact) mass is 345 g/mol. The molecule has 0 saturated carbocycles. The minimum atomic E-state index is -1.16. The maximum Gasteiger partial charge on any atom is 0.201 e. The smallest absolute Gasteiger partial charge is 0.201 e. The summed E-state index contributed by atoms with van der Waals surface area (Å²) in [5, 5.41) is 2.88. The van der Waals surface area contributed by atoms with Crippen molar-refractivity contribution >= 4 is 15.9 Å². The van der Waals surface area contributed by atoms with Crippen molar-refractivity contribution < 1.29 is 17.9 Å². The molecule has 2 rings (SSSR count). The van der Waals surface area contributed by atoms with Gasteiger partial charge in [-0.15, -0.1) is 0 Å². The molecule has 2 aromatic rings. The molecule has 0 bridgehead atoms. The Hall–Kier alpha value is -1.53. The van der Waals surface area contributed by atoms with Gasteiger partial charge in [-0.3, -0.25) is 0 Å². The summed E-state index contributed by atoms with van der Waals surface area (Å²) in [6.45, 7) is 0.497. The summed E-state index contributed by atoms with van der Waals surface area (Å²) in [5.41, 5.74) is 0.721. The molecule has 106 valence electrons. The fourth-order valence-electron chi connectivity index (χ4n) is 1.67. The van der Waals surface area contributed by atoms with E-state index in [4.69, 9.17) is 4.74 Å². The lowest BCUT2D eigenvalue weighted by molar-refractivity contribution is 0.396. The fourth-order valence-corrected chi connectivity index (χ4v) is 2.08. The summed E-state index contributed by atoms with van der Waals surface area (Å²) in [6.07, 6.45) is 0. The minimum absolute atomic E-state index is 0.166. The van der Waals surface area contributed by atoms with Crippen LogP contribution >= 0.6 is 15.9 Å². The van der Waals surface area contributed by atoms with Crippen LogP contribution in [0.3, 0.4) is 0 Å². The molecule has 0 aliphatic carbocycles. The highest BCUT2D eigenvalue weighted by Gasteiger charge is 2.14. The first-order valence-electron chi connectivity index (χ1n) is 5.76. The van der Waals surface area contributed by atoms with Crippen LogP contribution in [0.2, 0.25) is 0 Å². The Balaban J connectivity index is 2.31. The summed E-state index contributed by atoms with van der Waals surface area (Å²) in [7, 11) is 1.74. The van der Waals surface area contributed by atoms with Crippen molar-refractivity contribution in [3.63, 3.8) is 0 Å². The van der Waals surface area contributed by atoms with Gasteiger partial charge in [0.1, 0.15) is 0 Å². The van der Waals surface area contributed by atoms with E-state index in [1.807, 2.05) is 0 Å². The molecule has 1 N–H and O–H groups in total. The van der Waals surface area contributed by atoms with Gasteiger partial charge in [0.25, 0.3) is 0 Å². The van der Waals surface area contributed by atoms with Crippen LogP contribution < -0.4 is 10.1 Å². The highest BCUT2D eigenvalue weighted by atomic mass is 79.9. The number of nitrogens with one attached hydrogen (secondary N) is 1. The van der Waals surface area contributed by atoms with Gasteiger partial charge in [0.05, 0.1) is 0 Å². The maximum atomic E-state index is 13.8. The molecule has 0 atom stereocenters. The molecular formula is C14H11BrF3NO. The average molecular weight is 346 g/mol. The van der Waals surface area contributed by atoms with Crippen molar-refractivity contribution in [1.82, 2.24) is 5.32 Å². The van der Waals surface area contributed by atoms with Crippen molar-refractivity contribution in [2.45, 2.75) is 6.54 Å². The average Bonchev–Trinajstić information content (AvgIpc) is 2.38. The van der Waals surface area contributed by atoms with Crippen LogP contribution in [0.25, 0.3) is 0 Å². The molecule has 0 heterocycles. The molecule has 0 fully saturated rings. The fraction of sp³-hybridized carbons (Fsp3) is 0.143. The quantitative estimate of drug-likeness (QED) is 0.830. The minimum Gasteiger partial charge on any atom is -0.451 e. The third kappa shape index (κ3) is 3.32. The molecule has 0 unspecified atom stereocenters. The summed E-state index contributed by atoms with van der Waals surface area (Å²) in [4.78, 5) is 0. The number of halogens is 4. The largest absolute Gasteiger partial charge is 0.451 e. The van der Waals surface area contributed by atoms with Gasteiger partial charge in [0.15, 0.2) is 23.1 Å². The zero-order valence-electron chi connectivity index (χ0n) is 10.5. The van der Waals surface area contributed by atoms with E-state index < -0.39 is 17.5 Å². The van der Waals surface area contributed by atoms with Crippen LogP contribution in [0.4, 0.5) is 13.2 Å². The summed E-state index contributed by atoms with van der Waals surface area (Å²) in [6, 6.07) is 6.49. The third-order valence-corrected chi connectivity index (χ3v) is 3.01. The van der Waals surface area contributed by atoms with E-state index in [1.54, 1.807) is 13.1 Å². The lowest BCUT2D eigenvalue weighted by Crippen LogP contribution is -2.05. The first kappa shape index (κ1) is 14.9. The van der Waals surface area contributed by atoms with E-state index >= 15 is 0 Å². The molecule has 6 heteroatoms. The Kier molecular flexibility index (Phi) is 4.67. The summed E-state index contributed by atoms with van der Waals surface area (Å²) >= 11 is 3.02. The van der Waals surface area contributed by atoms with E-state index in [2.05, 4.69) is 21.2 Å². The van der Waals surface area contributed by atoms with Crippen LogP contribution in [0, 0.1) is 17.5 Å². The number of ether oxygens (including phenoxy) is 1. The molecule has 0 amide bonds. The normalized spacial score (nSPS) is 10.7. The van der Waals surface area contributed by atoms with Gasteiger partial charge in [-0.1, -0.05) is 22.0 Å². The van der Waals surface area contributed by atoms with Gasteiger partial charge in [0, 0.05) is 11.0 Å². The SMILES string of the molecule is CNCc1ccc(Oc2cc(Br)cc(F)c2F)c(F)c1. The predicted molar refractivity (Wildman–Crippen MR) is 73.3 cm³/mol. The molecular weight excluding hydrogens is 335 g/mol. The van der Waals surface area contributed by atoms with Crippen molar-refractivity contribution in [2.24, 2.45) is 0 Å². The molecule has 20 heavy (non-hydrogen) atoms. The topological polar surface area (TPSA) is 21.3 Å². The Bertz CT molecular complexity index is 634. The van der Waals surface area contributed by atoms with Crippen LogP contribution in [-0.2, 0) is 6.54 Å². The molecule has 0 saturated heterocycles. The first-order chi connectivity index (χ1) is 9.51. The van der Waals surface area contributed by atoms with E-state index in [0.717, 1.165) is 11.6 Å². The van der Waals surface area contributed by atoms with Gasteiger partial charge >= 0.3 is 0 Å². The van der Waals surface area contributed by atoms with Crippen LogP contribution in [0.5, 0.6) is 11.5 Å². The van der Waals surface area contributed by atoms with Crippen molar-refractivity contribution in [3.05, 3.63) is 57.8 Å². The molecule has 0 radical (unpaired) electrons. The highest BCUT2D eigenvalue weighted by Crippen LogP contribution is 2.31. The number of rotatable bonds is 4. The second kappa shape index (κ2) is 6.28. The molecule has 0 spiro atoms. The number of hydrogen-bond donors (Lipinski definition) is 1. The Labute approximate surface area is 122 Å². The van der Waals surface area contributed by atoms with E-state index in [9.17, 15) is 13.2 Å². The van der Waals surface area contributed by atoms with Crippen molar-refractivity contribution in [2.75, 3.05) is 7.05 Å². The van der Waals surface area contributed by atoms with Crippen molar-refractivity contribution in [3.8, 4) is 11.5 Å². The third-order valence-electron chi connectivity index (χ3n) is 2.56. The first-order valence-corrected chi connectivity index (χ1v) is 6.56. The number of hydrogen-bond acceptors (Lipinski definition) is 2. The van der Waals surface area contributed by atoms with Gasteiger partial charge in [-0.2, -0.15) is 4.39 Å². The number of benzene rings is 2. The van der Waals surface area contributed by atoms with Gasteiger partial charge in [-0.25, -0.2) is 8.78 Å². The predicted octanol–water partition coefficient (Wildman–Crippen LogP) is 4.38.